The molecule has 2 fully saturated rings. The maximum Gasteiger partial charge on any atom is 0.191 e. The summed E-state index contributed by atoms with van der Waals surface area (Å²) in [4.78, 5) is 7.42. The number of furan rings is 1. The van der Waals surface area contributed by atoms with E-state index >= 15 is 0 Å². The highest BCUT2D eigenvalue weighted by Gasteiger charge is 2.17. The van der Waals surface area contributed by atoms with Crippen LogP contribution in [-0.2, 0) is 11.2 Å². The highest BCUT2D eigenvalue weighted by Crippen LogP contribution is 2.16. The number of piperidine rings is 1. The van der Waals surface area contributed by atoms with Gasteiger partial charge in [0, 0.05) is 51.2 Å². The van der Waals surface area contributed by atoms with Crippen LogP contribution in [0.2, 0.25) is 0 Å². The Morgan fingerprint density at radius 1 is 1.26 bits per heavy atom. The molecule has 2 saturated heterocycles. The third-order valence-corrected chi connectivity index (χ3v) is 5.63. The van der Waals surface area contributed by atoms with Crippen molar-refractivity contribution in [3.05, 3.63) is 24.2 Å². The molecule has 0 bridgehead atoms. The molecule has 0 aliphatic carbocycles. The highest BCUT2D eigenvalue weighted by molar-refractivity contribution is 5.79. The number of hydrogen-bond acceptors (Lipinski definition) is 4. The lowest BCUT2D eigenvalue weighted by Gasteiger charge is -2.33. The van der Waals surface area contributed by atoms with E-state index in [4.69, 9.17) is 14.1 Å². The Morgan fingerprint density at radius 3 is 2.96 bits per heavy atom. The molecule has 0 spiro atoms. The lowest BCUT2D eigenvalue weighted by molar-refractivity contribution is 0.159. The van der Waals surface area contributed by atoms with E-state index in [1.807, 2.05) is 12.1 Å². The number of hydrogen-bond donors (Lipinski definition) is 2. The first-order valence-corrected chi connectivity index (χ1v) is 10.7. The molecule has 3 rings (SSSR count). The van der Waals surface area contributed by atoms with Crippen molar-refractivity contribution in [3.8, 4) is 0 Å². The molecule has 6 nitrogen and oxygen atoms in total. The molecule has 0 saturated carbocycles. The SMILES string of the molecule is CC1CCCCN1CCCNC(=NCC1CCOC1)NCCc1ccco1. The van der Waals surface area contributed by atoms with Crippen LogP contribution in [0.1, 0.15) is 44.8 Å². The van der Waals surface area contributed by atoms with Gasteiger partial charge in [-0.1, -0.05) is 6.42 Å². The van der Waals surface area contributed by atoms with Crippen LogP contribution in [0.15, 0.2) is 27.8 Å². The second-order valence-corrected chi connectivity index (χ2v) is 7.84. The summed E-state index contributed by atoms with van der Waals surface area (Å²) in [6, 6.07) is 4.69. The van der Waals surface area contributed by atoms with Crippen molar-refractivity contribution in [2.45, 2.75) is 51.5 Å². The zero-order valence-electron chi connectivity index (χ0n) is 16.8. The van der Waals surface area contributed by atoms with Crippen LogP contribution in [0.4, 0.5) is 0 Å². The molecular formula is C21H36N4O2. The van der Waals surface area contributed by atoms with Crippen LogP contribution in [0.25, 0.3) is 0 Å². The number of nitrogens with one attached hydrogen (secondary N) is 2. The predicted molar refractivity (Wildman–Crippen MR) is 109 cm³/mol. The van der Waals surface area contributed by atoms with Crippen LogP contribution in [0.3, 0.4) is 0 Å². The van der Waals surface area contributed by atoms with Gasteiger partial charge >= 0.3 is 0 Å². The fourth-order valence-corrected chi connectivity index (χ4v) is 3.86. The molecule has 6 heteroatoms. The summed E-state index contributed by atoms with van der Waals surface area (Å²) in [6.45, 7) is 9.12. The minimum absolute atomic E-state index is 0.558. The van der Waals surface area contributed by atoms with Gasteiger partial charge in [-0.25, -0.2) is 0 Å². The third kappa shape index (κ3) is 7.18. The largest absolute Gasteiger partial charge is 0.469 e. The third-order valence-electron chi connectivity index (χ3n) is 5.63. The molecule has 1 aromatic rings. The van der Waals surface area contributed by atoms with Crippen molar-refractivity contribution < 1.29 is 9.15 Å². The molecule has 0 amide bonds. The lowest BCUT2D eigenvalue weighted by Crippen LogP contribution is -2.42. The number of nitrogens with zero attached hydrogens (tertiary/aromatic N) is 2. The van der Waals surface area contributed by atoms with Gasteiger partial charge in [-0.2, -0.15) is 0 Å². The Bertz CT molecular complexity index is 540. The quantitative estimate of drug-likeness (QED) is 0.394. The van der Waals surface area contributed by atoms with Gasteiger partial charge in [-0.15, -0.1) is 0 Å². The number of rotatable bonds is 9. The summed E-state index contributed by atoms with van der Waals surface area (Å²) in [5, 5.41) is 6.97. The molecule has 2 N–H and O–H groups in total. The van der Waals surface area contributed by atoms with E-state index in [1.165, 1.54) is 32.4 Å². The van der Waals surface area contributed by atoms with Crippen LogP contribution in [0, 0.1) is 5.92 Å². The van der Waals surface area contributed by atoms with Crippen molar-refractivity contribution in [1.82, 2.24) is 15.5 Å². The van der Waals surface area contributed by atoms with E-state index in [0.29, 0.717) is 5.92 Å². The van der Waals surface area contributed by atoms with Gasteiger partial charge in [0.1, 0.15) is 5.76 Å². The number of ether oxygens (including phenoxy) is 1. The first-order chi connectivity index (χ1) is 13.3. The second-order valence-electron chi connectivity index (χ2n) is 7.84. The van der Waals surface area contributed by atoms with Crippen molar-refractivity contribution in [2.24, 2.45) is 10.9 Å². The average molecular weight is 377 g/mol. The number of likely N-dealkylation sites (tertiary alicyclic amines) is 1. The molecule has 2 aliphatic rings. The van der Waals surface area contributed by atoms with Crippen LogP contribution in [-0.4, -0.2) is 62.8 Å². The molecule has 27 heavy (non-hydrogen) atoms. The Hall–Kier alpha value is -1.53. The normalized spacial score (nSPS) is 24.3. The summed E-state index contributed by atoms with van der Waals surface area (Å²) in [5.74, 6) is 2.48. The van der Waals surface area contributed by atoms with E-state index < -0.39 is 0 Å². The fraction of sp³-hybridized carbons (Fsp3) is 0.762. The Labute approximate surface area is 163 Å². The van der Waals surface area contributed by atoms with Gasteiger partial charge < -0.3 is 24.7 Å². The van der Waals surface area contributed by atoms with Crippen molar-refractivity contribution in [1.29, 1.82) is 0 Å². The first kappa shape index (κ1) is 20.2. The minimum Gasteiger partial charge on any atom is -0.469 e. The standard InChI is InChI=1S/C21H36N4O2/c1-18-6-2-3-12-25(18)13-5-10-22-21(24-16-19-9-15-26-17-19)23-11-8-20-7-4-14-27-20/h4,7,14,18-19H,2-3,5-6,8-13,15-17H2,1H3,(H2,22,23,24). The topological polar surface area (TPSA) is 62.0 Å². The number of guanidine groups is 1. The van der Waals surface area contributed by atoms with Crippen molar-refractivity contribution >= 4 is 5.96 Å². The predicted octanol–water partition coefficient (Wildman–Crippen LogP) is 2.66. The molecule has 152 valence electrons. The van der Waals surface area contributed by atoms with E-state index in [1.54, 1.807) is 6.26 Å². The summed E-state index contributed by atoms with van der Waals surface area (Å²) in [5.41, 5.74) is 0. The van der Waals surface area contributed by atoms with Gasteiger partial charge in [0.2, 0.25) is 0 Å². The van der Waals surface area contributed by atoms with Crippen LogP contribution in [0.5, 0.6) is 0 Å². The van der Waals surface area contributed by atoms with Gasteiger partial charge in [-0.3, -0.25) is 4.99 Å². The molecule has 1 aromatic heterocycles. The summed E-state index contributed by atoms with van der Waals surface area (Å²) in [6.07, 6.45) is 8.94. The van der Waals surface area contributed by atoms with E-state index in [2.05, 4.69) is 22.5 Å². The molecule has 0 aromatic carbocycles. The summed E-state index contributed by atoms with van der Waals surface area (Å²) < 4.78 is 10.9. The zero-order valence-corrected chi connectivity index (χ0v) is 16.8. The number of aliphatic imine (C=N–C) groups is 1. The van der Waals surface area contributed by atoms with E-state index in [0.717, 1.165) is 69.9 Å². The van der Waals surface area contributed by atoms with Gasteiger partial charge in [-0.05, 0) is 51.3 Å². The summed E-state index contributed by atoms with van der Waals surface area (Å²) in [7, 11) is 0. The maximum absolute atomic E-state index is 5.47. The maximum atomic E-state index is 5.47. The van der Waals surface area contributed by atoms with Crippen LogP contribution < -0.4 is 10.6 Å². The highest BCUT2D eigenvalue weighted by atomic mass is 16.5. The van der Waals surface area contributed by atoms with E-state index in [-0.39, 0.29) is 0 Å². The smallest absolute Gasteiger partial charge is 0.191 e. The van der Waals surface area contributed by atoms with E-state index in [9.17, 15) is 0 Å². The monoisotopic (exact) mass is 376 g/mol. The van der Waals surface area contributed by atoms with Crippen molar-refractivity contribution in [3.63, 3.8) is 0 Å². The average Bonchev–Trinajstić information content (AvgIpc) is 3.38. The zero-order chi connectivity index (χ0) is 18.7. The molecule has 3 heterocycles. The summed E-state index contributed by atoms with van der Waals surface area (Å²) >= 11 is 0. The fourth-order valence-electron chi connectivity index (χ4n) is 3.86. The molecular weight excluding hydrogens is 340 g/mol. The Morgan fingerprint density at radius 2 is 2.19 bits per heavy atom. The Balaban J connectivity index is 1.39. The lowest BCUT2D eigenvalue weighted by atomic mass is 10.0. The first-order valence-electron chi connectivity index (χ1n) is 10.7. The van der Waals surface area contributed by atoms with Crippen molar-refractivity contribution in [2.75, 3.05) is 45.9 Å². The molecule has 0 radical (unpaired) electrons. The Kier molecular flexibility index (Phi) is 8.49. The molecule has 2 atom stereocenters. The minimum atomic E-state index is 0.558. The van der Waals surface area contributed by atoms with Gasteiger partial charge in [0.25, 0.3) is 0 Å². The second kappa shape index (κ2) is 11.3. The van der Waals surface area contributed by atoms with Crippen LogP contribution >= 0.6 is 0 Å². The molecule has 2 aliphatic heterocycles. The van der Waals surface area contributed by atoms with Gasteiger partial charge in [0.05, 0.1) is 12.9 Å². The van der Waals surface area contributed by atoms with Gasteiger partial charge in [0.15, 0.2) is 5.96 Å². The molecule has 2 unspecified atom stereocenters.